The monoisotopic (exact) mass is 383 g/mol. The highest BCUT2D eigenvalue weighted by atomic mass is 16.4. The number of amides is 1. The number of hydrogen-bond donors (Lipinski definition) is 1. The minimum Gasteiger partial charge on any atom is -0.463 e. The van der Waals surface area contributed by atoms with Gasteiger partial charge in [-0.25, -0.2) is 4.79 Å². The van der Waals surface area contributed by atoms with Crippen molar-refractivity contribution in [3.63, 3.8) is 0 Å². The molecule has 4 rings (SSSR count). The van der Waals surface area contributed by atoms with Gasteiger partial charge in [0.2, 0.25) is 5.91 Å². The van der Waals surface area contributed by atoms with Crippen LogP contribution in [0.5, 0.6) is 0 Å². The minimum absolute atomic E-state index is 0.0861. The summed E-state index contributed by atoms with van der Waals surface area (Å²) in [7, 11) is 0. The molecule has 3 heterocycles. The number of benzene rings is 1. The van der Waals surface area contributed by atoms with E-state index in [1.54, 1.807) is 24.3 Å². The number of nitrogens with zero attached hydrogens (tertiary/aromatic N) is 2. The largest absolute Gasteiger partial charge is 0.463 e. The van der Waals surface area contributed by atoms with E-state index in [1.165, 1.54) is 30.3 Å². The van der Waals surface area contributed by atoms with Crippen LogP contribution in [0.25, 0.3) is 11.1 Å². The van der Waals surface area contributed by atoms with Crippen molar-refractivity contribution in [3.05, 3.63) is 58.5 Å². The number of carbonyl (C=O) groups excluding carboxylic acids is 1. The lowest BCUT2D eigenvalue weighted by Crippen LogP contribution is -2.30. The summed E-state index contributed by atoms with van der Waals surface area (Å²) in [4.78, 5) is 26.7. The quantitative estimate of drug-likeness (QED) is 0.708. The van der Waals surface area contributed by atoms with Crippen molar-refractivity contribution in [1.82, 2.24) is 14.8 Å². The maximum atomic E-state index is 12.3. The Morgan fingerprint density at radius 1 is 0.964 bits per heavy atom. The second-order valence-corrected chi connectivity index (χ2v) is 7.26. The van der Waals surface area contributed by atoms with E-state index in [0.717, 1.165) is 25.4 Å². The van der Waals surface area contributed by atoms with Crippen molar-refractivity contribution >= 4 is 17.0 Å². The minimum atomic E-state index is -0.533. The van der Waals surface area contributed by atoms with Crippen molar-refractivity contribution in [1.29, 1.82) is 0 Å². The highest BCUT2D eigenvalue weighted by Crippen LogP contribution is 2.15. The molecule has 3 aromatic rings. The van der Waals surface area contributed by atoms with Gasteiger partial charge in [0.25, 0.3) is 0 Å². The van der Waals surface area contributed by atoms with Crippen molar-refractivity contribution in [2.75, 3.05) is 13.1 Å². The van der Waals surface area contributed by atoms with Crippen LogP contribution in [0.2, 0.25) is 0 Å². The molecule has 1 aliphatic rings. The Kier molecular flexibility index (Phi) is 5.62. The van der Waals surface area contributed by atoms with Gasteiger partial charge in [0.15, 0.2) is 5.58 Å². The number of fused-ring (bicyclic) bond motifs is 1. The first-order chi connectivity index (χ1) is 13.7. The molecule has 0 atom stereocenters. The van der Waals surface area contributed by atoms with E-state index in [1.807, 2.05) is 12.1 Å². The van der Waals surface area contributed by atoms with Crippen LogP contribution >= 0.6 is 0 Å². The third-order valence-electron chi connectivity index (χ3n) is 5.13. The third kappa shape index (κ3) is 4.36. The Labute approximate surface area is 162 Å². The maximum absolute atomic E-state index is 12.3. The third-order valence-corrected chi connectivity index (χ3v) is 5.13. The number of furan rings is 1. The summed E-state index contributed by atoms with van der Waals surface area (Å²) >= 11 is 0. The summed E-state index contributed by atoms with van der Waals surface area (Å²) in [5, 5.41) is 2.81. The van der Waals surface area contributed by atoms with Crippen LogP contribution in [0.15, 0.2) is 50.0 Å². The molecule has 1 N–H and O–H groups in total. The summed E-state index contributed by atoms with van der Waals surface area (Å²) < 4.78 is 12.3. The fourth-order valence-electron chi connectivity index (χ4n) is 3.67. The van der Waals surface area contributed by atoms with E-state index in [-0.39, 0.29) is 12.5 Å². The van der Waals surface area contributed by atoms with Gasteiger partial charge < -0.3 is 14.2 Å². The molecule has 1 aliphatic heterocycles. The van der Waals surface area contributed by atoms with Crippen LogP contribution in [0.3, 0.4) is 0 Å². The topological polar surface area (TPSA) is 80.6 Å². The Morgan fingerprint density at radius 3 is 2.54 bits per heavy atom. The number of para-hydroxylation sites is 2. The Balaban J connectivity index is 1.32. The number of oxazole rings is 1. The number of likely N-dealkylation sites (tertiary alicyclic amines) is 1. The van der Waals surface area contributed by atoms with Crippen LogP contribution < -0.4 is 11.1 Å². The Bertz CT molecular complexity index is 992. The van der Waals surface area contributed by atoms with Gasteiger partial charge in [-0.05, 0) is 50.2 Å². The normalized spacial score (nSPS) is 15.6. The maximum Gasteiger partial charge on any atom is 0.420 e. The molecular formula is C21H25N3O4. The molecule has 1 fully saturated rings. The van der Waals surface area contributed by atoms with Crippen LogP contribution in [0.1, 0.15) is 37.2 Å². The zero-order valence-electron chi connectivity index (χ0n) is 15.9. The molecule has 1 aromatic carbocycles. The smallest absolute Gasteiger partial charge is 0.420 e. The molecular weight excluding hydrogens is 358 g/mol. The summed E-state index contributed by atoms with van der Waals surface area (Å²) in [6.07, 6.45) is 5.10. The van der Waals surface area contributed by atoms with Crippen LogP contribution in [-0.4, -0.2) is 28.5 Å². The van der Waals surface area contributed by atoms with Crippen LogP contribution in [-0.2, 0) is 24.4 Å². The predicted octanol–water partition coefficient (Wildman–Crippen LogP) is 2.88. The molecule has 0 aliphatic carbocycles. The molecule has 0 unspecified atom stereocenters. The molecule has 0 radical (unpaired) electrons. The van der Waals surface area contributed by atoms with Gasteiger partial charge in [0, 0.05) is 0 Å². The van der Waals surface area contributed by atoms with Crippen molar-refractivity contribution in [3.8, 4) is 0 Å². The summed E-state index contributed by atoms with van der Waals surface area (Å²) in [5.74, 6) is 0.832. The fourth-order valence-corrected chi connectivity index (χ4v) is 3.67. The van der Waals surface area contributed by atoms with E-state index in [4.69, 9.17) is 8.83 Å². The van der Waals surface area contributed by atoms with Crippen molar-refractivity contribution < 1.29 is 13.6 Å². The highest BCUT2D eigenvalue weighted by Gasteiger charge is 2.14. The van der Waals surface area contributed by atoms with E-state index < -0.39 is 5.76 Å². The highest BCUT2D eigenvalue weighted by molar-refractivity contribution is 5.79. The molecule has 1 saturated heterocycles. The zero-order valence-corrected chi connectivity index (χ0v) is 15.9. The lowest BCUT2D eigenvalue weighted by Gasteiger charge is -2.17. The van der Waals surface area contributed by atoms with Gasteiger partial charge in [0.05, 0.1) is 18.6 Å². The van der Waals surface area contributed by atoms with Gasteiger partial charge >= 0.3 is 5.76 Å². The number of carbonyl (C=O) groups is 1. The number of hydrogen-bond acceptors (Lipinski definition) is 5. The summed E-state index contributed by atoms with van der Waals surface area (Å²) in [6, 6.07) is 10.9. The summed E-state index contributed by atoms with van der Waals surface area (Å²) in [6.45, 7) is 3.24. The second-order valence-electron chi connectivity index (χ2n) is 7.26. The Hall–Kier alpha value is -2.80. The Morgan fingerprint density at radius 2 is 1.71 bits per heavy atom. The molecule has 1 amide bonds. The van der Waals surface area contributed by atoms with Crippen molar-refractivity contribution in [2.45, 2.75) is 45.3 Å². The lowest BCUT2D eigenvalue weighted by atomic mass is 10.2. The molecule has 0 saturated carbocycles. The van der Waals surface area contributed by atoms with Gasteiger partial charge in [-0.3, -0.25) is 14.3 Å². The van der Waals surface area contributed by atoms with E-state index in [0.29, 0.717) is 23.4 Å². The molecule has 28 heavy (non-hydrogen) atoms. The van der Waals surface area contributed by atoms with E-state index in [2.05, 4.69) is 10.2 Å². The van der Waals surface area contributed by atoms with Gasteiger partial charge in [-0.2, -0.15) is 0 Å². The standard InChI is InChI=1S/C21H25N3O4/c25-20(15-24-18-7-3-4-8-19(18)28-21(24)26)22-13-16-9-10-17(27-16)14-23-11-5-1-2-6-12-23/h3-4,7-10H,1-2,5-6,11-15H2,(H,22,25). The fraction of sp³-hybridized carbons (Fsp3) is 0.429. The summed E-state index contributed by atoms with van der Waals surface area (Å²) in [5.41, 5.74) is 1.09. The second kappa shape index (κ2) is 8.48. The number of aromatic nitrogens is 1. The first-order valence-corrected chi connectivity index (χ1v) is 9.84. The van der Waals surface area contributed by atoms with Crippen LogP contribution in [0.4, 0.5) is 0 Å². The zero-order chi connectivity index (χ0) is 19.3. The SMILES string of the molecule is O=C(Cn1c(=O)oc2ccccc21)NCc1ccc(CN2CCCCCC2)o1. The molecule has 0 spiro atoms. The van der Waals surface area contributed by atoms with Gasteiger partial charge in [0.1, 0.15) is 18.1 Å². The first kappa shape index (κ1) is 18.6. The molecule has 2 aromatic heterocycles. The predicted molar refractivity (Wildman–Crippen MR) is 105 cm³/mol. The number of nitrogens with one attached hydrogen (secondary N) is 1. The first-order valence-electron chi connectivity index (χ1n) is 9.84. The molecule has 0 bridgehead atoms. The molecule has 7 nitrogen and oxygen atoms in total. The average molecular weight is 383 g/mol. The lowest BCUT2D eigenvalue weighted by molar-refractivity contribution is -0.121. The van der Waals surface area contributed by atoms with Crippen LogP contribution in [0, 0.1) is 0 Å². The van der Waals surface area contributed by atoms with Gasteiger partial charge in [-0.15, -0.1) is 0 Å². The molecule has 7 heteroatoms. The van der Waals surface area contributed by atoms with Gasteiger partial charge in [-0.1, -0.05) is 25.0 Å². The van der Waals surface area contributed by atoms with E-state index in [9.17, 15) is 9.59 Å². The molecule has 148 valence electrons. The average Bonchev–Trinajstić information content (AvgIpc) is 3.16. The van der Waals surface area contributed by atoms with E-state index >= 15 is 0 Å². The number of rotatable bonds is 6. The van der Waals surface area contributed by atoms with Crippen molar-refractivity contribution in [2.24, 2.45) is 0 Å².